The van der Waals surface area contributed by atoms with Gasteiger partial charge in [0.15, 0.2) is 0 Å². The fourth-order valence-corrected chi connectivity index (χ4v) is 4.65. The molecule has 4 nitrogen and oxygen atoms in total. The summed E-state index contributed by atoms with van der Waals surface area (Å²) < 4.78 is 18.9. The average Bonchev–Trinajstić information content (AvgIpc) is 2.76. The first-order valence-corrected chi connectivity index (χ1v) is 10.4. The van der Waals surface area contributed by atoms with E-state index in [1.165, 1.54) is 17.7 Å². The summed E-state index contributed by atoms with van der Waals surface area (Å²) in [6.45, 7) is 3.50. The predicted molar refractivity (Wildman–Crippen MR) is 111 cm³/mol. The fourth-order valence-electron chi connectivity index (χ4n) is 4.65. The molecule has 2 saturated heterocycles. The number of likely N-dealkylation sites (N-methyl/N-ethyl adjacent to an activating group) is 1. The lowest BCUT2D eigenvalue weighted by Gasteiger charge is -2.45. The summed E-state index contributed by atoms with van der Waals surface area (Å²) in [5.41, 5.74) is 1.79. The zero-order valence-electron chi connectivity index (χ0n) is 17.0. The molecule has 0 bridgehead atoms. The van der Waals surface area contributed by atoms with E-state index < -0.39 is 5.41 Å². The van der Waals surface area contributed by atoms with Crippen molar-refractivity contribution in [3.63, 3.8) is 0 Å². The van der Waals surface area contributed by atoms with Gasteiger partial charge in [-0.25, -0.2) is 4.39 Å². The highest BCUT2D eigenvalue weighted by Crippen LogP contribution is 2.38. The van der Waals surface area contributed by atoms with Crippen molar-refractivity contribution in [3.05, 3.63) is 71.5 Å². The number of benzene rings is 2. The topological polar surface area (TPSA) is 32.8 Å². The van der Waals surface area contributed by atoms with E-state index in [0.717, 1.165) is 18.7 Å². The van der Waals surface area contributed by atoms with Gasteiger partial charge >= 0.3 is 0 Å². The lowest BCUT2D eigenvalue weighted by molar-refractivity contribution is -0.151. The van der Waals surface area contributed by atoms with E-state index in [1.54, 1.807) is 12.1 Å². The van der Waals surface area contributed by atoms with Crippen LogP contribution in [0.25, 0.3) is 0 Å². The molecule has 0 unspecified atom stereocenters. The number of piperazine rings is 1. The van der Waals surface area contributed by atoms with Gasteiger partial charge < -0.3 is 9.64 Å². The molecule has 2 heterocycles. The molecular formula is C24H29FN2O2. The number of rotatable bonds is 4. The van der Waals surface area contributed by atoms with Gasteiger partial charge in [-0.15, -0.1) is 0 Å². The number of halogens is 1. The third-order valence-electron chi connectivity index (χ3n) is 6.48. The highest BCUT2D eigenvalue weighted by Gasteiger charge is 2.44. The molecule has 1 atom stereocenters. The lowest BCUT2D eigenvalue weighted by Crippen LogP contribution is -2.55. The second kappa shape index (κ2) is 8.64. The molecule has 2 aliphatic heterocycles. The van der Waals surface area contributed by atoms with E-state index in [0.29, 0.717) is 39.0 Å². The van der Waals surface area contributed by atoms with Crippen molar-refractivity contribution in [2.24, 2.45) is 5.41 Å². The number of carbonyl (C=O) groups excluding carboxylic acids is 1. The summed E-state index contributed by atoms with van der Waals surface area (Å²) >= 11 is 0. The maximum Gasteiger partial charge on any atom is 0.229 e. The van der Waals surface area contributed by atoms with E-state index in [-0.39, 0.29) is 17.8 Å². The van der Waals surface area contributed by atoms with Crippen LogP contribution in [-0.4, -0.2) is 55.6 Å². The Balaban J connectivity index is 1.56. The minimum absolute atomic E-state index is 0.205. The smallest absolute Gasteiger partial charge is 0.229 e. The van der Waals surface area contributed by atoms with Gasteiger partial charge in [0.2, 0.25) is 5.91 Å². The van der Waals surface area contributed by atoms with Crippen LogP contribution in [0, 0.1) is 11.2 Å². The van der Waals surface area contributed by atoms with Gasteiger partial charge in [0.05, 0.1) is 11.5 Å². The Morgan fingerprint density at radius 1 is 1.07 bits per heavy atom. The van der Waals surface area contributed by atoms with Crippen molar-refractivity contribution in [1.82, 2.24) is 9.80 Å². The molecule has 2 aliphatic rings. The fraction of sp³-hybridized carbons (Fsp3) is 0.458. The highest BCUT2D eigenvalue weighted by atomic mass is 19.1. The second-order valence-electron chi connectivity index (χ2n) is 8.35. The van der Waals surface area contributed by atoms with E-state index in [2.05, 4.69) is 36.2 Å². The molecule has 154 valence electrons. The Bertz CT molecular complexity index is 819. The van der Waals surface area contributed by atoms with Gasteiger partial charge in [-0.3, -0.25) is 9.69 Å². The molecule has 29 heavy (non-hydrogen) atoms. The van der Waals surface area contributed by atoms with Gasteiger partial charge in [0, 0.05) is 32.8 Å². The Kier molecular flexibility index (Phi) is 5.97. The van der Waals surface area contributed by atoms with Crippen molar-refractivity contribution >= 4 is 5.91 Å². The summed E-state index contributed by atoms with van der Waals surface area (Å²) in [5, 5.41) is 0. The summed E-state index contributed by atoms with van der Waals surface area (Å²) in [5.74, 6) is -0.0231. The molecule has 5 heteroatoms. The Labute approximate surface area is 172 Å². The van der Waals surface area contributed by atoms with Gasteiger partial charge in [0.25, 0.3) is 0 Å². The van der Waals surface area contributed by atoms with Gasteiger partial charge in [0.1, 0.15) is 5.82 Å². The van der Waals surface area contributed by atoms with E-state index in [1.807, 2.05) is 11.0 Å². The maximum atomic E-state index is 13.8. The number of hydrogen-bond donors (Lipinski definition) is 0. The monoisotopic (exact) mass is 396 g/mol. The highest BCUT2D eigenvalue weighted by molar-refractivity contribution is 5.83. The number of ether oxygens (including phenoxy) is 1. The number of nitrogens with zero attached hydrogens (tertiary/aromatic N) is 2. The molecule has 0 aromatic heterocycles. The van der Waals surface area contributed by atoms with Crippen molar-refractivity contribution in [2.75, 3.05) is 39.9 Å². The first kappa shape index (κ1) is 20.0. The third kappa shape index (κ3) is 4.36. The molecular weight excluding hydrogens is 367 g/mol. The molecule has 0 radical (unpaired) electrons. The number of hydrogen-bond acceptors (Lipinski definition) is 3. The summed E-state index contributed by atoms with van der Waals surface area (Å²) in [6, 6.07) is 17.2. The molecule has 2 aromatic carbocycles. The van der Waals surface area contributed by atoms with Crippen LogP contribution in [0.2, 0.25) is 0 Å². The average molecular weight is 397 g/mol. The summed E-state index contributed by atoms with van der Waals surface area (Å²) in [7, 11) is 2.13. The van der Waals surface area contributed by atoms with Crippen LogP contribution in [0.15, 0.2) is 54.6 Å². The van der Waals surface area contributed by atoms with Crippen LogP contribution in [0.5, 0.6) is 0 Å². The van der Waals surface area contributed by atoms with Crippen LogP contribution in [-0.2, 0) is 16.0 Å². The van der Waals surface area contributed by atoms with Gasteiger partial charge in [-0.05, 0) is 49.6 Å². The molecule has 2 aromatic rings. The van der Waals surface area contributed by atoms with E-state index in [9.17, 15) is 9.18 Å². The maximum absolute atomic E-state index is 13.8. The molecule has 0 spiro atoms. The Morgan fingerprint density at radius 2 is 1.76 bits per heavy atom. The third-order valence-corrected chi connectivity index (χ3v) is 6.48. The minimum atomic E-state index is -0.465. The Hall–Kier alpha value is -2.24. The summed E-state index contributed by atoms with van der Waals surface area (Å²) in [4.78, 5) is 18.2. The van der Waals surface area contributed by atoms with Crippen LogP contribution in [0.3, 0.4) is 0 Å². The lowest BCUT2D eigenvalue weighted by atomic mass is 9.73. The predicted octanol–water partition coefficient (Wildman–Crippen LogP) is 3.68. The second-order valence-corrected chi connectivity index (χ2v) is 8.35. The zero-order chi connectivity index (χ0) is 20.3. The molecule has 2 fully saturated rings. The largest absolute Gasteiger partial charge is 0.381 e. The van der Waals surface area contributed by atoms with Crippen molar-refractivity contribution < 1.29 is 13.9 Å². The van der Waals surface area contributed by atoms with E-state index >= 15 is 0 Å². The van der Waals surface area contributed by atoms with E-state index in [4.69, 9.17) is 4.74 Å². The molecule has 0 N–H and O–H groups in total. The van der Waals surface area contributed by atoms with Gasteiger partial charge in [-0.1, -0.05) is 42.5 Å². The molecule has 0 saturated carbocycles. The van der Waals surface area contributed by atoms with Crippen LogP contribution in [0.1, 0.15) is 30.0 Å². The summed E-state index contributed by atoms with van der Waals surface area (Å²) in [6.07, 6.45) is 2.06. The first-order chi connectivity index (χ1) is 14.1. The van der Waals surface area contributed by atoms with Crippen LogP contribution < -0.4 is 0 Å². The van der Waals surface area contributed by atoms with Crippen LogP contribution in [0.4, 0.5) is 4.39 Å². The Morgan fingerprint density at radius 3 is 2.45 bits per heavy atom. The van der Waals surface area contributed by atoms with Crippen molar-refractivity contribution in [3.8, 4) is 0 Å². The van der Waals surface area contributed by atoms with Gasteiger partial charge in [-0.2, -0.15) is 0 Å². The zero-order valence-corrected chi connectivity index (χ0v) is 17.0. The first-order valence-electron chi connectivity index (χ1n) is 10.4. The molecule has 4 rings (SSSR count). The number of amides is 1. The van der Waals surface area contributed by atoms with Crippen LogP contribution >= 0.6 is 0 Å². The minimum Gasteiger partial charge on any atom is -0.381 e. The van der Waals surface area contributed by atoms with Crippen molar-refractivity contribution in [2.45, 2.75) is 25.3 Å². The standard InChI is InChI=1S/C24H29FN2O2/c1-26-13-14-27(18-22(26)20-5-3-2-4-6-20)23(28)24(11-15-29-16-12-24)17-19-7-9-21(25)10-8-19/h2-10,22H,11-18H2,1H3/t22-/m1/s1. The molecule has 1 amide bonds. The normalized spacial score (nSPS) is 22.4. The number of carbonyl (C=O) groups is 1. The SMILES string of the molecule is CN1CCN(C(=O)C2(Cc3ccc(F)cc3)CCOCC2)C[C@@H]1c1ccccc1. The van der Waals surface area contributed by atoms with Crippen molar-refractivity contribution in [1.29, 1.82) is 0 Å². The quantitative estimate of drug-likeness (QED) is 0.790. The molecule has 0 aliphatic carbocycles.